The van der Waals surface area contributed by atoms with Crippen LogP contribution in [0.25, 0.3) is 0 Å². The number of ether oxygens (including phenoxy) is 2. The molecule has 0 saturated carbocycles. The third kappa shape index (κ3) is 14.0. The number of Topliss-reactive ketones (excluding diaryl/α,β-unsaturated/α-hetero) is 1. The number of nitrogens with zero attached hydrogens (tertiary/aromatic N) is 2. The van der Waals surface area contributed by atoms with Gasteiger partial charge in [-0.05, 0) is 79.4 Å². The zero-order chi connectivity index (χ0) is 42.9. The van der Waals surface area contributed by atoms with Crippen molar-refractivity contribution in [2.75, 3.05) is 13.2 Å². The molecule has 4 rings (SSSR count). The van der Waals surface area contributed by atoms with E-state index in [0.29, 0.717) is 35.8 Å². The third-order valence-corrected chi connectivity index (χ3v) is 12.2. The molecule has 0 aliphatic rings. The summed E-state index contributed by atoms with van der Waals surface area (Å²) in [6, 6.07) is 26.3. The maximum atomic E-state index is 13.6. The topological polar surface area (TPSA) is 148 Å². The van der Waals surface area contributed by atoms with E-state index in [9.17, 15) is 40.3 Å². The van der Waals surface area contributed by atoms with Crippen molar-refractivity contribution in [3.63, 3.8) is 0 Å². The van der Waals surface area contributed by atoms with Crippen LogP contribution in [0, 0.1) is 0 Å². The second kappa shape index (κ2) is 22.6. The van der Waals surface area contributed by atoms with Crippen LogP contribution in [0.3, 0.4) is 0 Å². The summed E-state index contributed by atoms with van der Waals surface area (Å²) in [6.45, 7) is 12.2. The quantitative estimate of drug-likeness (QED) is 0.0823. The highest BCUT2D eigenvalue weighted by Crippen LogP contribution is 2.28. The van der Waals surface area contributed by atoms with Crippen molar-refractivity contribution in [3.8, 4) is 11.5 Å². The molecule has 4 aromatic carbocycles. The second-order valence-corrected chi connectivity index (χ2v) is 16.9. The van der Waals surface area contributed by atoms with E-state index in [1.165, 1.54) is 43.3 Å². The molecule has 15 heteroatoms. The molecule has 0 radical (unpaired) electrons. The number of ketones is 1. The Balaban J connectivity index is 0.000000310. The molecule has 0 aliphatic carbocycles. The molecule has 0 amide bonds. The number of sulfonamides is 2. The van der Waals surface area contributed by atoms with Crippen LogP contribution in [0.5, 0.6) is 11.5 Å². The lowest BCUT2D eigenvalue weighted by Crippen LogP contribution is -2.44. The number of carboxylic acids is 1. The average Bonchev–Trinajstić information content (AvgIpc) is 3.19. The number of rotatable bonds is 22. The summed E-state index contributed by atoms with van der Waals surface area (Å²) in [5, 5.41) is 9.59. The number of hydrogen-bond acceptors (Lipinski definition) is 8. The van der Waals surface area contributed by atoms with Crippen molar-refractivity contribution in [1.82, 2.24) is 8.61 Å². The van der Waals surface area contributed by atoms with Crippen molar-refractivity contribution in [1.29, 1.82) is 0 Å². The minimum atomic E-state index is -4.24. The molecule has 0 bridgehead atoms. The van der Waals surface area contributed by atoms with E-state index in [2.05, 4.69) is 13.2 Å². The van der Waals surface area contributed by atoms with Gasteiger partial charge in [-0.25, -0.2) is 25.6 Å². The molecule has 312 valence electrons. The highest BCUT2D eigenvalue weighted by Gasteiger charge is 2.37. The van der Waals surface area contributed by atoms with Crippen molar-refractivity contribution < 1.29 is 49.8 Å². The van der Waals surface area contributed by atoms with Crippen LogP contribution in [-0.4, -0.2) is 67.6 Å². The fourth-order valence-electron chi connectivity index (χ4n) is 5.56. The highest BCUT2D eigenvalue weighted by molar-refractivity contribution is 7.89. The molecule has 1 N–H and O–H groups in total. The molecule has 11 nitrogen and oxygen atoms in total. The Labute approximate surface area is 340 Å². The molecule has 0 spiro atoms. The van der Waals surface area contributed by atoms with Gasteiger partial charge in [-0.2, -0.15) is 8.61 Å². The average molecular weight is 841 g/mol. The lowest BCUT2D eigenvalue weighted by molar-refractivity contribution is -0.141. The van der Waals surface area contributed by atoms with E-state index in [1.54, 1.807) is 66.7 Å². The van der Waals surface area contributed by atoms with Crippen molar-refractivity contribution >= 4 is 31.8 Å². The van der Waals surface area contributed by atoms with Crippen LogP contribution in [0.2, 0.25) is 0 Å². The van der Waals surface area contributed by atoms with Gasteiger partial charge in [0.15, 0.2) is 0 Å². The molecular weight excluding hydrogens is 791 g/mol. The Bertz CT molecular complexity index is 2010. The number of benzene rings is 4. The van der Waals surface area contributed by atoms with Gasteiger partial charge in [0.25, 0.3) is 0 Å². The standard InChI is InChI=1S/C22H26FNO4S.C21H24FNO5S/c1-4-14-28-20-10-12-21(13-11-20)29(26,27)24(16-19-8-6-5-7-9-19)22(18(3)25)15-17(2)23;1-3-13-28-18-9-11-19(12-10-18)29(26,27)23(15-17-7-5-4-6-8-17)20(21(24)25)14-16(2)22/h5-13,22H,2,4,14-16H2,1,3H3;4-12,20H,2-3,13-15H2,1H3,(H,24,25)/t22-;20-/m01/s1. The smallest absolute Gasteiger partial charge is 0.322 e. The highest BCUT2D eigenvalue weighted by atomic mass is 32.2. The summed E-state index contributed by atoms with van der Waals surface area (Å²) in [5.41, 5.74) is 1.27. The Hall–Kier alpha value is -5.22. The van der Waals surface area contributed by atoms with Gasteiger partial charge < -0.3 is 14.6 Å². The van der Waals surface area contributed by atoms with Gasteiger partial charge in [0, 0.05) is 25.9 Å². The summed E-state index contributed by atoms with van der Waals surface area (Å²) in [4.78, 5) is 23.9. The van der Waals surface area contributed by atoms with Gasteiger partial charge in [-0.3, -0.25) is 9.59 Å². The second-order valence-electron chi connectivity index (χ2n) is 13.1. The van der Waals surface area contributed by atoms with E-state index in [0.717, 1.165) is 21.5 Å². The normalized spacial score (nSPS) is 12.5. The first kappa shape index (κ1) is 47.2. The Morgan fingerprint density at radius 1 is 0.621 bits per heavy atom. The Kier molecular flexibility index (Phi) is 18.4. The number of carbonyl (C=O) groups excluding carboxylic acids is 1. The minimum Gasteiger partial charge on any atom is -0.494 e. The van der Waals surface area contributed by atoms with Crippen LogP contribution < -0.4 is 9.47 Å². The number of hydrogen-bond donors (Lipinski definition) is 1. The Morgan fingerprint density at radius 2 is 0.966 bits per heavy atom. The molecule has 0 aliphatic heterocycles. The number of aliphatic carboxylic acids is 1. The van der Waals surface area contributed by atoms with Gasteiger partial charge in [0.1, 0.15) is 23.3 Å². The van der Waals surface area contributed by atoms with Crippen molar-refractivity contribution in [2.24, 2.45) is 0 Å². The van der Waals surface area contributed by atoms with Crippen LogP contribution in [-0.2, 0) is 42.7 Å². The van der Waals surface area contributed by atoms with Crippen LogP contribution >= 0.6 is 0 Å². The zero-order valence-electron chi connectivity index (χ0n) is 32.8. The van der Waals surface area contributed by atoms with Gasteiger partial charge >= 0.3 is 5.97 Å². The predicted molar refractivity (Wildman–Crippen MR) is 218 cm³/mol. The largest absolute Gasteiger partial charge is 0.494 e. The van der Waals surface area contributed by atoms with E-state index in [4.69, 9.17) is 9.47 Å². The number of carboxylic acid groups (broad SMARTS) is 1. The monoisotopic (exact) mass is 840 g/mol. The van der Waals surface area contributed by atoms with Gasteiger partial charge in [-0.15, -0.1) is 0 Å². The van der Waals surface area contributed by atoms with Crippen LogP contribution in [0.15, 0.2) is 144 Å². The number of halogens is 2. The van der Waals surface area contributed by atoms with Crippen LogP contribution in [0.4, 0.5) is 8.78 Å². The third-order valence-electron chi connectivity index (χ3n) is 8.45. The van der Waals surface area contributed by atoms with Crippen molar-refractivity contribution in [3.05, 3.63) is 145 Å². The fraction of sp³-hybridized carbons (Fsp3) is 0.302. The molecule has 0 aromatic heterocycles. The van der Waals surface area contributed by atoms with Gasteiger partial charge in [0.2, 0.25) is 20.0 Å². The molecule has 58 heavy (non-hydrogen) atoms. The lowest BCUT2D eigenvalue weighted by atomic mass is 10.1. The predicted octanol–water partition coefficient (Wildman–Crippen LogP) is 8.49. The first-order valence-electron chi connectivity index (χ1n) is 18.5. The first-order valence-corrected chi connectivity index (χ1v) is 21.4. The zero-order valence-corrected chi connectivity index (χ0v) is 34.4. The summed E-state index contributed by atoms with van der Waals surface area (Å²) < 4.78 is 93.1. The summed E-state index contributed by atoms with van der Waals surface area (Å²) in [5.74, 6) is -2.50. The van der Waals surface area contributed by atoms with Crippen LogP contribution in [0.1, 0.15) is 57.6 Å². The van der Waals surface area contributed by atoms with Gasteiger partial charge in [0.05, 0.1) is 40.7 Å². The molecule has 2 atom stereocenters. The molecule has 0 unspecified atom stereocenters. The summed E-state index contributed by atoms with van der Waals surface area (Å²) >= 11 is 0. The SMILES string of the molecule is C=C(F)C[C@@H](C(C)=O)N(Cc1ccccc1)S(=O)(=O)c1ccc(OCCC)cc1.C=C(F)C[C@H](C(=O)O)N(Cc1ccccc1)S(=O)(=O)c1ccc(OCCC)cc1. The van der Waals surface area contributed by atoms with Gasteiger partial charge in [-0.1, -0.05) is 87.7 Å². The lowest BCUT2D eigenvalue weighted by Gasteiger charge is -2.29. The Morgan fingerprint density at radius 3 is 1.28 bits per heavy atom. The van der Waals surface area contributed by atoms with E-state index in [-0.39, 0.29) is 29.3 Å². The summed E-state index contributed by atoms with van der Waals surface area (Å²) in [6.07, 6.45) is 0.606. The maximum absolute atomic E-state index is 13.6. The van der Waals surface area contributed by atoms with E-state index < -0.39 is 62.0 Å². The fourth-order valence-corrected chi connectivity index (χ4v) is 8.76. The van der Waals surface area contributed by atoms with E-state index in [1.807, 2.05) is 19.9 Å². The molecule has 4 aromatic rings. The molecular formula is C43H50F2N2O9S2. The molecule has 0 saturated heterocycles. The minimum absolute atomic E-state index is 0.00741. The van der Waals surface area contributed by atoms with E-state index >= 15 is 0 Å². The molecule has 0 fully saturated rings. The first-order chi connectivity index (χ1) is 27.5. The number of carbonyl (C=O) groups is 2. The molecule has 0 heterocycles. The summed E-state index contributed by atoms with van der Waals surface area (Å²) in [7, 11) is -8.31. The van der Waals surface area contributed by atoms with Crippen molar-refractivity contribution in [2.45, 2.75) is 81.4 Å². The maximum Gasteiger partial charge on any atom is 0.322 e.